The molecule has 0 amide bonds. The van der Waals surface area contributed by atoms with Gasteiger partial charge >= 0.3 is 0 Å². The van der Waals surface area contributed by atoms with Crippen molar-refractivity contribution in [3.8, 4) is 5.75 Å². The Balaban J connectivity index is 0.00000196. The molecule has 2 nitrogen and oxygen atoms in total. The second kappa shape index (κ2) is 5.84. The summed E-state index contributed by atoms with van der Waals surface area (Å²) in [5.41, 5.74) is 5.05. The molecule has 0 spiro atoms. The maximum atomic E-state index is 12.3. The van der Waals surface area contributed by atoms with E-state index in [1.807, 2.05) is 0 Å². The van der Waals surface area contributed by atoms with Crippen molar-refractivity contribution in [1.82, 2.24) is 0 Å². The highest BCUT2D eigenvalue weighted by atomic mass is 79.9. The molecule has 0 radical (unpaired) electrons. The molecule has 86 valence electrons. The van der Waals surface area contributed by atoms with Gasteiger partial charge in [0.05, 0.1) is 10.5 Å². The summed E-state index contributed by atoms with van der Waals surface area (Å²) in [5.74, 6) is -0.342. The molecule has 0 aliphatic rings. The fraction of sp³-hybridized carbons (Fsp3) is 0.250. The zero-order chi connectivity index (χ0) is 10.9. The van der Waals surface area contributed by atoms with E-state index in [4.69, 9.17) is 17.3 Å². The second-order valence-electron chi connectivity index (χ2n) is 2.65. The van der Waals surface area contributed by atoms with Crippen LogP contribution in [0.4, 0.5) is 8.78 Å². The molecule has 0 heterocycles. The van der Waals surface area contributed by atoms with Crippen molar-refractivity contribution >= 4 is 39.9 Å². The van der Waals surface area contributed by atoms with Crippen LogP contribution in [0.1, 0.15) is 11.6 Å². The average Bonchev–Trinajstić information content (AvgIpc) is 2.12. The van der Waals surface area contributed by atoms with Gasteiger partial charge in [0.2, 0.25) is 0 Å². The van der Waals surface area contributed by atoms with Gasteiger partial charge in [0.1, 0.15) is 5.75 Å². The molecule has 0 aromatic heterocycles. The third-order valence-electron chi connectivity index (χ3n) is 1.72. The van der Waals surface area contributed by atoms with Gasteiger partial charge in [-0.15, -0.1) is 12.4 Å². The smallest absolute Gasteiger partial charge is 0.257 e. The van der Waals surface area contributed by atoms with Crippen LogP contribution >= 0.6 is 39.9 Å². The normalized spacial score (nSPS) is 12.4. The SMILES string of the molecule is Cl.N[C@H](c1c(Cl)ccc(Br)c1O)C(F)F. The first-order valence-electron chi connectivity index (χ1n) is 3.65. The highest BCUT2D eigenvalue weighted by molar-refractivity contribution is 9.10. The lowest BCUT2D eigenvalue weighted by Crippen LogP contribution is -2.19. The van der Waals surface area contributed by atoms with Crippen LogP contribution < -0.4 is 5.73 Å². The number of hydrogen-bond donors (Lipinski definition) is 2. The van der Waals surface area contributed by atoms with Gasteiger partial charge in [0, 0.05) is 10.6 Å². The Bertz CT molecular complexity index is 352. The van der Waals surface area contributed by atoms with Crippen LogP contribution in [0.3, 0.4) is 0 Å². The predicted octanol–water partition coefficient (Wildman–Crippen LogP) is 3.49. The fourth-order valence-electron chi connectivity index (χ4n) is 1.000. The predicted molar refractivity (Wildman–Crippen MR) is 61.0 cm³/mol. The van der Waals surface area contributed by atoms with Crippen LogP contribution in [-0.4, -0.2) is 11.5 Å². The summed E-state index contributed by atoms with van der Waals surface area (Å²) in [6.45, 7) is 0. The lowest BCUT2D eigenvalue weighted by molar-refractivity contribution is 0.115. The van der Waals surface area contributed by atoms with Crippen LogP contribution in [0.2, 0.25) is 5.02 Å². The van der Waals surface area contributed by atoms with E-state index < -0.39 is 12.5 Å². The van der Waals surface area contributed by atoms with Crippen LogP contribution in [-0.2, 0) is 0 Å². The Hall–Kier alpha value is -0.100. The van der Waals surface area contributed by atoms with E-state index >= 15 is 0 Å². The van der Waals surface area contributed by atoms with Crippen molar-refractivity contribution in [3.05, 3.63) is 27.2 Å². The first-order chi connectivity index (χ1) is 6.45. The highest BCUT2D eigenvalue weighted by Gasteiger charge is 2.24. The molecular weight excluding hydrogens is 315 g/mol. The summed E-state index contributed by atoms with van der Waals surface area (Å²) in [7, 11) is 0. The average molecular weight is 323 g/mol. The number of alkyl halides is 2. The molecule has 1 atom stereocenters. The fourth-order valence-corrected chi connectivity index (χ4v) is 1.62. The molecule has 15 heavy (non-hydrogen) atoms. The summed E-state index contributed by atoms with van der Waals surface area (Å²) in [5, 5.41) is 9.48. The Morgan fingerprint density at radius 1 is 1.40 bits per heavy atom. The van der Waals surface area contributed by atoms with Crippen LogP contribution in [0, 0.1) is 0 Å². The summed E-state index contributed by atoms with van der Waals surface area (Å²) >= 11 is 8.63. The summed E-state index contributed by atoms with van der Waals surface area (Å²) in [4.78, 5) is 0. The molecule has 1 aromatic carbocycles. The van der Waals surface area contributed by atoms with E-state index in [0.29, 0.717) is 0 Å². The Kier molecular flexibility index (Phi) is 5.80. The van der Waals surface area contributed by atoms with Gasteiger partial charge < -0.3 is 10.8 Å². The third-order valence-corrected chi connectivity index (χ3v) is 2.69. The number of benzene rings is 1. The Labute approximate surface area is 105 Å². The van der Waals surface area contributed by atoms with Gasteiger partial charge in [-0.05, 0) is 28.1 Å². The largest absolute Gasteiger partial charge is 0.506 e. The van der Waals surface area contributed by atoms with Crippen molar-refractivity contribution in [2.75, 3.05) is 0 Å². The lowest BCUT2D eigenvalue weighted by atomic mass is 10.1. The second-order valence-corrected chi connectivity index (χ2v) is 3.91. The van der Waals surface area contributed by atoms with Crippen molar-refractivity contribution in [1.29, 1.82) is 0 Å². The third kappa shape index (κ3) is 3.17. The zero-order valence-electron chi connectivity index (χ0n) is 7.25. The Morgan fingerprint density at radius 2 is 1.93 bits per heavy atom. The molecule has 3 N–H and O–H groups in total. The van der Waals surface area contributed by atoms with E-state index in [1.165, 1.54) is 12.1 Å². The summed E-state index contributed by atoms with van der Waals surface area (Å²) < 4.78 is 24.9. The molecule has 0 fully saturated rings. The van der Waals surface area contributed by atoms with E-state index in [1.54, 1.807) is 0 Å². The monoisotopic (exact) mass is 321 g/mol. The van der Waals surface area contributed by atoms with Gasteiger partial charge in [-0.25, -0.2) is 8.78 Å². The lowest BCUT2D eigenvalue weighted by Gasteiger charge is -2.15. The van der Waals surface area contributed by atoms with Crippen molar-refractivity contribution in [2.45, 2.75) is 12.5 Å². The molecule has 0 saturated heterocycles. The maximum Gasteiger partial charge on any atom is 0.257 e. The first-order valence-corrected chi connectivity index (χ1v) is 4.82. The van der Waals surface area contributed by atoms with Gasteiger partial charge in [-0.2, -0.15) is 0 Å². The Morgan fingerprint density at radius 3 is 2.40 bits per heavy atom. The number of hydrogen-bond acceptors (Lipinski definition) is 2. The molecule has 0 aliphatic heterocycles. The zero-order valence-corrected chi connectivity index (χ0v) is 10.4. The molecule has 0 aliphatic carbocycles. The highest BCUT2D eigenvalue weighted by Crippen LogP contribution is 2.38. The number of rotatable bonds is 2. The van der Waals surface area contributed by atoms with Gasteiger partial charge in [0.15, 0.2) is 0 Å². The summed E-state index contributed by atoms with van der Waals surface area (Å²) in [6, 6.07) is 1.27. The quantitative estimate of drug-likeness (QED) is 0.875. The van der Waals surface area contributed by atoms with Crippen LogP contribution in [0.5, 0.6) is 5.75 Å². The molecule has 0 unspecified atom stereocenters. The van der Waals surface area contributed by atoms with E-state index in [2.05, 4.69) is 15.9 Å². The van der Waals surface area contributed by atoms with Gasteiger partial charge in [0.25, 0.3) is 6.43 Å². The van der Waals surface area contributed by atoms with Gasteiger partial charge in [-0.1, -0.05) is 11.6 Å². The molecule has 0 bridgehead atoms. The van der Waals surface area contributed by atoms with E-state index in [9.17, 15) is 13.9 Å². The number of phenolic OH excluding ortho intramolecular Hbond substituents is 1. The standard InChI is InChI=1S/C8H7BrClF2NO.ClH/c9-3-1-2-4(10)5(7(3)14)6(13)8(11)12;/h1-2,6,8,14H,13H2;1H/t6-;/m1./s1. The van der Waals surface area contributed by atoms with Crippen molar-refractivity contribution in [3.63, 3.8) is 0 Å². The van der Waals surface area contributed by atoms with E-state index in [0.717, 1.165) is 0 Å². The van der Waals surface area contributed by atoms with Gasteiger partial charge in [-0.3, -0.25) is 0 Å². The van der Waals surface area contributed by atoms with Crippen molar-refractivity contribution < 1.29 is 13.9 Å². The molecule has 7 heteroatoms. The van der Waals surface area contributed by atoms with E-state index in [-0.39, 0.29) is 33.2 Å². The topological polar surface area (TPSA) is 46.2 Å². The molecular formula is C8H8BrCl2F2NO. The number of halogens is 5. The molecule has 0 saturated carbocycles. The van der Waals surface area contributed by atoms with Crippen LogP contribution in [0.25, 0.3) is 0 Å². The minimum absolute atomic E-state index is 0. The number of phenols is 1. The number of nitrogens with two attached hydrogens (primary N) is 1. The van der Waals surface area contributed by atoms with Crippen LogP contribution in [0.15, 0.2) is 16.6 Å². The molecule has 1 aromatic rings. The maximum absolute atomic E-state index is 12.3. The summed E-state index contributed by atoms with van der Waals surface area (Å²) in [6.07, 6.45) is -2.77. The number of aromatic hydroxyl groups is 1. The minimum atomic E-state index is -2.77. The molecule has 1 rings (SSSR count). The van der Waals surface area contributed by atoms with Crippen molar-refractivity contribution in [2.24, 2.45) is 5.73 Å². The first kappa shape index (κ1) is 14.9. The minimum Gasteiger partial charge on any atom is -0.506 e.